The maximum Gasteiger partial charge on any atom is 0.281 e. The number of thiocarbonyl (C=S) groups is 1. The Hall–Kier alpha value is -3.13. The van der Waals surface area contributed by atoms with E-state index in [1.807, 2.05) is 81.7 Å². The molecule has 1 aromatic heterocycles. The summed E-state index contributed by atoms with van der Waals surface area (Å²) in [7, 11) is 1.83. The first kappa shape index (κ1) is 25.5. The molecule has 0 aliphatic carbocycles. The molecule has 0 atom stereocenters. The van der Waals surface area contributed by atoms with Crippen molar-refractivity contribution in [1.29, 1.82) is 0 Å². The van der Waals surface area contributed by atoms with Gasteiger partial charge in [0.15, 0.2) is 5.11 Å². The number of nitrogens with zero attached hydrogens (tertiary/aromatic N) is 3. The molecule has 1 amide bonds. The zero-order chi connectivity index (χ0) is 26.3. The molecule has 37 heavy (non-hydrogen) atoms. The van der Waals surface area contributed by atoms with Crippen LogP contribution in [0.1, 0.15) is 16.7 Å². The molecule has 8 heteroatoms. The highest BCUT2D eigenvalue weighted by Gasteiger charge is 2.37. The van der Waals surface area contributed by atoms with Crippen LogP contribution in [0.5, 0.6) is 5.75 Å². The predicted octanol–water partition coefficient (Wildman–Crippen LogP) is 7.36. The number of likely N-dealkylation sites (N-methyl/N-ethyl adjacent to an activating group) is 1. The van der Waals surface area contributed by atoms with Crippen LogP contribution in [-0.4, -0.2) is 34.1 Å². The highest BCUT2D eigenvalue weighted by Crippen LogP contribution is 2.32. The van der Waals surface area contributed by atoms with E-state index in [1.165, 1.54) is 5.56 Å². The van der Waals surface area contributed by atoms with Crippen molar-refractivity contribution < 1.29 is 9.53 Å². The number of carbonyl (C=O) groups excluding carboxylic acids is 1. The van der Waals surface area contributed by atoms with E-state index in [1.54, 1.807) is 9.80 Å². The fraction of sp³-hybridized carbons (Fsp3) is 0.172. The van der Waals surface area contributed by atoms with Crippen LogP contribution in [0.15, 0.2) is 77.0 Å². The molecule has 4 aromatic rings. The van der Waals surface area contributed by atoms with Crippen molar-refractivity contribution in [2.24, 2.45) is 0 Å². The van der Waals surface area contributed by atoms with E-state index < -0.39 is 0 Å². The lowest BCUT2D eigenvalue weighted by atomic mass is 10.1. The maximum absolute atomic E-state index is 13.6. The van der Waals surface area contributed by atoms with E-state index in [4.69, 9.17) is 28.6 Å². The van der Waals surface area contributed by atoms with E-state index in [2.05, 4.69) is 32.6 Å². The number of aromatic nitrogens is 1. The van der Waals surface area contributed by atoms with Gasteiger partial charge in [0.25, 0.3) is 5.91 Å². The summed E-state index contributed by atoms with van der Waals surface area (Å²) in [5.74, 6) is 0.512. The van der Waals surface area contributed by atoms with Crippen LogP contribution in [0, 0.1) is 13.8 Å². The topological polar surface area (TPSA) is 37.7 Å². The Morgan fingerprint density at radius 1 is 1.05 bits per heavy atom. The maximum atomic E-state index is 13.6. The Morgan fingerprint density at radius 3 is 2.59 bits per heavy atom. The zero-order valence-corrected chi connectivity index (χ0v) is 23.8. The molecule has 0 N–H and O–H groups in total. The number of amides is 1. The molecular formula is C29H25BrClN3O2S. The van der Waals surface area contributed by atoms with Gasteiger partial charge in [0.2, 0.25) is 0 Å². The predicted molar refractivity (Wildman–Crippen MR) is 158 cm³/mol. The number of benzene rings is 3. The van der Waals surface area contributed by atoms with Crippen LogP contribution in [0.2, 0.25) is 5.02 Å². The number of fused-ring (bicyclic) bond motifs is 1. The van der Waals surface area contributed by atoms with Crippen LogP contribution < -0.4 is 9.64 Å². The van der Waals surface area contributed by atoms with Gasteiger partial charge in [0.05, 0.1) is 17.3 Å². The minimum atomic E-state index is -0.145. The lowest BCUT2D eigenvalue weighted by Gasteiger charge is -2.17. The van der Waals surface area contributed by atoms with Gasteiger partial charge in [-0.15, -0.1) is 0 Å². The number of ether oxygens (including phenoxy) is 1. The second-order valence-corrected chi connectivity index (χ2v) is 10.7. The number of aryl methyl sites for hydroxylation is 2. The van der Waals surface area contributed by atoms with Gasteiger partial charge in [-0.1, -0.05) is 45.7 Å². The molecular weight excluding hydrogens is 570 g/mol. The summed E-state index contributed by atoms with van der Waals surface area (Å²) in [6.07, 6.45) is 3.96. The van der Waals surface area contributed by atoms with Gasteiger partial charge in [-0.2, -0.15) is 0 Å². The van der Waals surface area contributed by atoms with Gasteiger partial charge in [-0.05, 0) is 85.7 Å². The van der Waals surface area contributed by atoms with Gasteiger partial charge < -0.3 is 14.2 Å². The van der Waals surface area contributed by atoms with E-state index in [0.717, 1.165) is 32.2 Å². The Labute approximate surface area is 235 Å². The minimum absolute atomic E-state index is 0.145. The number of anilines is 1. The highest BCUT2D eigenvalue weighted by atomic mass is 79.9. The first-order valence-electron chi connectivity index (χ1n) is 11.8. The smallest absolute Gasteiger partial charge is 0.281 e. The molecule has 0 unspecified atom stereocenters. The number of hydrogen-bond donors (Lipinski definition) is 0. The molecule has 5 nitrogen and oxygen atoms in total. The molecule has 2 heterocycles. The molecule has 0 radical (unpaired) electrons. The molecule has 1 aliphatic heterocycles. The molecule has 1 saturated heterocycles. The minimum Gasteiger partial charge on any atom is -0.490 e. The van der Waals surface area contributed by atoms with Crippen LogP contribution in [-0.2, 0) is 11.3 Å². The quantitative estimate of drug-likeness (QED) is 0.173. The Kier molecular flexibility index (Phi) is 7.12. The Balaban J connectivity index is 1.47. The van der Waals surface area contributed by atoms with Crippen molar-refractivity contribution in [3.05, 3.63) is 98.7 Å². The Morgan fingerprint density at radius 2 is 1.84 bits per heavy atom. The normalized spacial score (nSPS) is 14.9. The van der Waals surface area contributed by atoms with E-state index in [-0.39, 0.29) is 5.91 Å². The first-order valence-corrected chi connectivity index (χ1v) is 13.4. The fourth-order valence-electron chi connectivity index (χ4n) is 4.41. The number of rotatable bonds is 6. The average Bonchev–Trinajstić information content (AvgIpc) is 3.31. The second kappa shape index (κ2) is 10.3. The highest BCUT2D eigenvalue weighted by molar-refractivity contribution is 9.10. The summed E-state index contributed by atoms with van der Waals surface area (Å²) in [6.45, 7) is 5.14. The fourth-order valence-corrected chi connectivity index (χ4v) is 5.25. The van der Waals surface area contributed by atoms with Crippen molar-refractivity contribution in [2.45, 2.75) is 20.4 Å². The number of carbonyl (C=O) groups is 1. The summed E-state index contributed by atoms with van der Waals surface area (Å²) >= 11 is 15.5. The van der Waals surface area contributed by atoms with Crippen LogP contribution in [0.25, 0.3) is 17.0 Å². The SMILES string of the molecule is Cc1ccc(N2C(=O)/C(=C/c3cn(CCOc4ccccc4Cl)c4ccc(Br)cc34)N(C)C2=S)cc1C. The van der Waals surface area contributed by atoms with Crippen LogP contribution >= 0.6 is 39.7 Å². The van der Waals surface area contributed by atoms with Gasteiger partial charge in [-0.25, -0.2) is 0 Å². The second-order valence-electron chi connectivity index (χ2n) is 9.00. The first-order chi connectivity index (χ1) is 17.7. The van der Waals surface area contributed by atoms with Gasteiger partial charge in [0.1, 0.15) is 18.1 Å². The van der Waals surface area contributed by atoms with Crippen molar-refractivity contribution >= 4 is 73.4 Å². The molecule has 0 saturated carbocycles. The summed E-state index contributed by atoms with van der Waals surface area (Å²) in [5.41, 5.74) is 5.54. The summed E-state index contributed by atoms with van der Waals surface area (Å²) in [4.78, 5) is 16.9. The van der Waals surface area contributed by atoms with Gasteiger partial charge in [0, 0.05) is 34.2 Å². The van der Waals surface area contributed by atoms with Crippen LogP contribution in [0.3, 0.4) is 0 Å². The third kappa shape index (κ3) is 4.91. The summed E-state index contributed by atoms with van der Waals surface area (Å²) in [5, 5.41) is 2.07. The zero-order valence-electron chi connectivity index (χ0n) is 20.7. The number of para-hydroxylation sites is 1. The third-order valence-corrected chi connectivity index (χ3v) is 7.86. The standard InChI is InChI=1S/C29H25BrClN3O2S/c1-18-8-10-22(14-19(18)2)34-28(35)26(32(3)29(34)37)15-20-17-33(25-11-9-21(30)16-23(20)25)12-13-36-27-7-5-4-6-24(27)31/h4-11,14-17H,12-13H2,1-3H3/b26-15-. The Bertz CT molecular complexity index is 1580. The molecule has 0 spiro atoms. The molecule has 5 rings (SSSR count). The van der Waals surface area contributed by atoms with Crippen LogP contribution in [0.4, 0.5) is 5.69 Å². The van der Waals surface area contributed by atoms with E-state index >= 15 is 0 Å². The molecule has 3 aromatic carbocycles. The largest absolute Gasteiger partial charge is 0.490 e. The van der Waals surface area contributed by atoms with Crippen molar-refractivity contribution in [3.63, 3.8) is 0 Å². The lowest BCUT2D eigenvalue weighted by Crippen LogP contribution is -2.31. The number of hydrogen-bond acceptors (Lipinski definition) is 3. The average molecular weight is 595 g/mol. The molecule has 1 fully saturated rings. The monoisotopic (exact) mass is 593 g/mol. The van der Waals surface area contributed by atoms with Crippen molar-refractivity contribution in [2.75, 3.05) is 18.6 Å². The number of halogens is 2. The van der Waals surface area contributed by atoms with Gasteiger partial charge >= 0.3 is 0 Å². The van der Waals surface area contributed by atoms with Gasteiger partial charge in [-0.3, -0.25) is 9.69 Å². The van der Waals surface area contributed by atoms with E-state index in [9.17, 15) is 4.79 Å². The molecule has 0 bridgehead atoms. The third-order valence-electron chi connectivity index (χ3n) is 6.60. The summed E-state index contributed by atoms with van der Waals surface area (Å²) in [6, 6.07) is 19.5. The molecule has 1 aliphatic rings. The van der Waals surface area contributed by atoms with Crippen molar-refractivity contribution in [3.8, 4) is 5.75 Å². The summed E-state index contributed by atoms with van der Waals surface area (Å²) < 4.78 is 9.01. The van der Waals surface area contributed by atoms with E-state index in [0.29, 0.717) is 34.7 Å². The van der Waals surface area contributed by atoms with Crippen molar-refractivity contribution in [1.82, 2.24) is 9.47 Å². The lowest BCUT2D eigenvalue weighted by molar-refractivity contribution is -0.114. The molecule has 188 valence electrons.